The first-order valence-electron chi connectivity index (χ1n) is 3.56. The van der Waals surface area contributed by atoms with E-state index in [0.29, 0.717) is 15.7 Å². The Morgan fingerprint density at radius 2 is 1.79 bits per heavy atom. The maximum absolute atomic E-state index is 10.6. The summed E-state index contributed by atoms with van der Waals surface area (Å²) in [5, 5.41) is 3.51. The van der Waals surface area contributed by atoms with E-state index in [9.17, 15) is 4.79 Å². The topological polar surface area (TPSA) is 55.1 Å². The molecule has 0 aliphatic rings. The summed E-state index contributed by atoms with van der Waals surface area (Å²) in [4.78, 5) is 10.5. The van der Waals surface area contributed by atoms with Gasteiger partial charge in [0.1, 0.15) is 0 Å². The number of carbonyl (C=O) groups excluding carboxylic acids is 1. The minimum atomic E-state index is -0.698. The summed E-state index contributed by atoms with van der Waals surface area (Å²) in [5.41, 5.74) is 5.48. The molecule has 1 rings (SSSR count). The monoisotopic (exact) mass is 248 g/mol. The number of nitrogens with one attached hydrogen (secondary N) is 1. The van der Waals surface area contributed by atoms with Crippen LogP contribution in [0.2, 0.25) is 10.0 Å². The number of halogens is 2. The molecule has 74 valence electrons. The molecule has 0 aliphatic carbocycles. The van der Waals surface area contributed by atoms with E-state index in [2.05, 4.69) is 17.5 Å². The number of carbonyl (C=O) groups is 1. The van der Waals surface area contributed by atoms with Crippen LogP contribution >= 0.6 is 35.4 Å². The number of primary amides is 1. The standard InChI is InChI=1S/C8H6Cl2N2OS/c9-4-1-5(10)3-6(2-4)12-8(14)7(11)13/h1-3H,(H2,11,13)(H,12,14). The number of nitrogens with two attached hydrogens (primary N) is 1. The van der Waals surface area contributed by atoms with Crippen LogP contribution in [-0.4, -0.2) is 10.9 Å². The molecule has 1 aromatic carbocycles. The Morgan fingerprint density at radius 3 is 2.21 bits per heavy atom. The summed E-state index contributed by atoms with van der Waals surface area (Å²) in [6, 6.07) is 4.74. The number of hydrogen-bond acceptors (Lipinski definition) is 2. The SMILES string of the molecule is NC(=O)C(=S)Nc1cc(Cl)cc(Cl)c1. The van der Waals surface area contributed by atoms with Gasteiger partial charge in [0.15, 0.2) is 4.99 Å². The molecule has 0 unspecified atom stereocenters. The van der Waals surface area contributed by atoms with Crippen LogP contribution in [0.4, 0.5) is 5.69 Å². The number of rotatable bonds is 1. The number of benzene rings is 1. The van der Waals surface area contributed by atoms with E-state index in [1.165, 1.54) is 0 Å². The van der Waals surface area contributed by atoms with Crippen molar-refractivity contribution >= 4 is 52.0 Å². The minimum absolute atomic E-state index is 0.0802. The lowest BCUT2D eigenvalue weighted by molar-refractivity contribution is -0.111. The lowest BCUT2D eigenvalue weighted by Crippen LogP contribution is -2.27. The van der Waals surface area contributed by atoms with Gasteiger partial charge in [-0.25, -0.2) is 0 Å². The van der Waals surface area contributed by atoms with Gasteiger partial charge in [0.2, 0.25) is 0 Å². The zero-order valence-corrected chi connectivity index (χ0v) is 9.21. The van der Waals surface area contributed by atoms with Crippen molar-refractivity contribution in [2.24, 2.45) is 5.73 Å². The third-order valence-corrected chi connectivity index (χ3v) is 2.08. The highest BCUT2D eigenvalue weighted by molar-refractivity contribution is 7.82. The van der Waals surface area contributed by atoms with E-state index in [-0.39, 0.29) is 4.99 Å². The summed E-state index contributed by atoms with van der Waals surface area (Å²) in [6.07, 6.45) is 0. The Bertz CT molecular complexity index is 375. The highest BCUT2D eigenvalue weighted by atomic mass is 35.5. The van der Waals surface area contributed by atoms with Crippen molar-refractivity contribution in [3.8, 4) is 0 Å². The molecule has 3 nitrogen and oxygen atoms in total. The van der Waals surface area contributed by atoms with E-state index >= 15 is 0 Å². The number of anilines is 1. The molecule has 0 bridgehead atoms. The van der Waals surface area contributed by atoms with Crippen LogP contribution in [0, 0.1) is 0 Å². The largest absolute Gasteiger partial charge is 0.364 e. The molecule has 3 N–H and O–H groups in total. The average Bonchev–Trinajstić information content (AvgIpc) is 2.01. The Morgan fingerprint density at radius 1 is 1.29 bits per heavy atom. The fourth-order valence-electron chi connectivity index (χ4n) is 0.819. The van der Waals surface area contributed by atoms with Crippen molar-refractivity contribution in [2.45, 2.75) is 0 Å². The normalized spacial score (nSPS) is 9.57. The Labute approximate surface area is 96.2 Å². The molecule has 0 spiro atoms. The Balaban J connectivity index is 2.87. The lowest BCUT2D eigenvalue weighted by atomic mass is 10.3. The van der Waals surface area contributed by atoms with Gasteiger partial charge in [-0.2, -0.15) is 0 Å². The molecular weight excluding hydrogens is 243 g/mol. The molecule has 0 fully saturated rings. The van der Waals surface area contributed by atoms with Crippen LogP contribution in [0.3, 0.4) is 0 Å². The summed E-state index contributed by atoms with van der Waals surface area (Å²) < 4.78 is 0. The second kappa shape index (κ2) is 4.59. The molecule has 0 atom stereocenters. The molecule has 0 saturated heterocycles. The van der Waals surface area contributed by atoms with Crippen molar-refractivity contribution in [3.05, 3.63) is 28.2 Å². The van der Waals surface area contributed by atoms with Gasteiger partial charge < -0.3 is 11.1 Å². The van der Waals surface area contributed by atoms with Gasteiger partial charge in [-0.15, -0.1) is 0 Å². The minimum Gasteiger partial charge on any atom is -0.364 e. The Kier molecular flexibility index (Phi) is 3.69. The predicted molar refractivity (Wildman–Crippen MR) is 61.9 cm³/mol. The van der Waals surface area contributed by atoms with Gasteiger partial charge in [-0.05, 0) is 18.2 Å². The molecule has 1 aromatic rings. The molecule has 0 aromatic heterocycles. The van der Waals surface area contributed by atoms with Gasteiger partial charge in [0.05, 0.1) is 0 Å². The average molecular weight is 249 g/mol. The van der Waals surface area contributed by atoms with Crippen molar-refractivity contribution in [3.63, 3.8) is 0 Å². The van der Waals surface area contributed by atoms with Crippen LogP contribution in [0.5, 0.6) is 0 Å². The fourth-order valence-corrected chi connectivity index (χ4v) is 1.46. The van der Waals surface area contributed by atoms with Crippen LogP contribution in [0.1, 0.15) is 0 Å². The van der Waals surface area contributed by atoms with E-state index in [4.69, 9.17) is 28.9 Å². The zero-order chi connectivity index (χ0) is 10.7. The van der Waals surface area contributed by atoms with Crippen molar-refractivity contribution in [2.75, 3.05) is 5.32 Å². The third-order valence-electron chi connectivity index (χ3n) is 1.34. The van der Waals surface area contributed by atoms with Crippen molar-refractivity contribution in [1.29, 1.82) is 0 Å². The van der Waals surface area contributed by atoms with Gasteiger partial charge >= 0.3 is 0 Å². The summed E-state index contributed by atoms with van der Waals surface area (Å²) in [7, 11) is 0. The van der Waals surface area contributed by atoms with Crippen LogP contribution in [-0.2, 0) is 4.79 Å². The van der Waals surface area contributed by atoms with Crippen molar-refractivity contribution < 1.29 is 4.79 Å². The first-order chi connectivity index (χ1) is 6.49. The summed E-state index contributed by atoms with van der Waals surface area (Å²) in [5.74, 6) is -0.698. The van der Waals surface area contributed by atoms with Gasteiger partial charge in [0.25, 0.3) is 5.91 Å². The third kappa shape index (κ3) is 3.14. The van der Waals surface area contributed by atoms with Gasteiger partial charge in [-0.1, -0.05) is 35.4 Å². The maximum atomic E-state index is 10.6. The first-order valence-corrected chi connectivity index (χ1v) is 4.72. The second-order valence-electron chi connectivity index (χ2n) is 2.48. The second-order valence-corrected chi connectivity index (χ2v) is 3.76. The molecule has 6 heteroatoms. The molecule has 0 aliphatic heterocycles. The van der Waals surface area contributed by atoms with E-state index in [1.807, 2.05) is 0 Å². The maximum Gasteiger partial charge on any atom is 0.276 e. The quantitative estimate of drug-likeness (QED) is 0.750. The number of thiocarbonyl (C=S) groups is 1. The van der Waals surface area contributed by atoms with E-state index in [1.54, 1.807) is 18.2 Å². The summed E-state index contributed by atoms with van der Waals surface area (Å²) >= 11 is 16.1. The van der Waals surface area contributed by atoms with E-state index in [0.717, 1.165) is 0 Å². The smallest absolute Gasteiger partial charge is 0.276 e. The highest BCUT2D eigenvalue weighted by Gasteiger charge is 2.05. The molecule has 14 heavy (non-hydrogen) atoms. The fraction of sp³-hybridized carbons (Fsp3) is 0. The highest BCUT2D eigenvalue weighted by Crippen LogP contribution is 2.22. The van der Waals surface area contributed by atoms with E-state index < -0.39 is 5.91 Å². The molecular formula is C8H6Cl2N2OS. The zero-order valence-electron chi connectivity index (χ0n) is 6.88. The van der Waals surface area contributed by atoms with Crippen LogP contribution in [0.25, 0.3) is 0 Å². The summed E-state index contributed by atoms with van der Waals surface area (Å²) in [6.45, 7) is 0. The molecule has 0 radical (unpaired) electrons. The molecule has 0 saturated carbocycles. The predicted octanol–water partition coefficient (Wildman–Crippen LogP) is 2.22. The number of amides is 1. The first kappa shape index (κ1) is 11.2. The lowest BCUT2D eigenvalue weighted by Gasteiger charge is -2.05. The molecule has 1 amide bonds. The Hall–Kier alpha value is -0.840. The van der Waals surface area contributed by atoms with Gasteiger partial charge in [-0.3, -0.25) is 4.79 Å². The van der Waals surface area contributed by atoms with Crippen LogP contribution < -0.4 is 11.1 Å². The molecule has 0 heterocycles. The van der Waals surface area contributed by atoms with Crippen molar-refractivity contribution in [1.82, 2.24) is 0 Å². The van der Waals surface area contributed by atoms with Gasteiger partial charge in [0, 0.05) is 15.7 Å². The van der Waals surface area contributed by atoms with Crippen LogP contribution in [0.15, 0.2) is 18.2 Å². The number of hydrogen-bond donors (Lipinski definition) is 2.